The SMILES string of the molecule is CC(=O)O[C@@H]1CC[C@@]2(C)[C@@H](CC[C@]3(C)/C(=C(C)/C=C/C=O)C(=O)C[C@@H]23)[C@@]1(C)C(=O)O. The third kappa shape index (κ3) is 3.07. The molecule has 0 aliphatic heterocycles. The summed E-state index contributed by atoms with van der Waals surface area (Å²) in [7, 11) is 0. The van der Waals surface area contributed by atoms with E-state index in [0.29, 0.717) is 38.4 Å². The number of carboxylic acid groups (broad SMARTS) is 1. The van der Waals surface area contributed by atoms with E-state index in [0.717, 1.165) is 11.1 Å². The molecule has 6 nitrogen and oxygen atoms in total. The van der Waals surface area contributed by atoms with Crippen molar-refractivity contribution < 1.29 is 29.0 Å². The zero-order valence-corrected chi connectivity index (χ0v) is 18.5. The highest BCUT2D eigenvalue weighted by molar-refractivity contribution is 6.01. The smallest absolute Gasteiger partial charge is 0.313 e. The van der Waals surface area contributed by atoms with Crippen LogP contribution >= 0.6 is 0 Å². The number of esters is 1. The van der Waals surface area contributed by atoms with Crippen LogP contribution in [0.4, 0.5) is 0 Å². The Kier molecular flexibility index (Phi) is 5.59. The van der Waals surface area contributed by atoms with Gasteiger partial charge < -0.3 is 9.84 Å². The number of Topliss-reactive ketones (excluding diaryl/α,β-unsaturated/α-hetero) is 1. The van der Waals surface area contributed by atoms with Crippen LogP contribution in [-0.4, -0.2) is 35.2 Å². The molecule has 6 atom stereocenters. The molecule has 3 rings (SSSR count). The number of ketones is 1. The molecule has 0 amide bonds. The normalized spacial score (nSPS) is 42.4. The van der Waals surface area contributed by atoms with Crippen LogP contribution in [0.15, 0.2) is 23.3 Å². The summed E-state index contributed by atoms with van der Waals surface area (Å²) in [6, 6.07) is 0. The van der Waals surface area contributed by atoms with Crippen molar-refractivity contribution in [2.24, 2.45) is 28.1 Å². The lowest BCUT2D eigenvalue weighted by atomic mass is 9.42. The van der Waals surface area contributed by atoms with Crippen molar-refractivity contribution >= 4 is 24.0 Å². The van der Waals surface area contributed by atoms with Gasteiger partial charge in [0.1, 0.15) is 17.8 Å². The topological polar surface area (TPSA) is 97.7 Å². The van der Waals surface area contributed by atoms with E-state index in [2.05, 4.69) is 13.8 Å². The number of aliphatic carboxylic acids is 1. The Balaban J connectivity index is 2.08. The average molecular weight is 417 g/mol. The first kappa shape index (κ1) is 22.4. The van der Waals surface area contributed by atoms with E-state index in [4.69, 9.17) is 4.74 Å². The second kappa shape index (κ2) is 7.47. The highest BCUT2D eigenvalue weighted by atomic mass is 16.5. The number of rotatable bonds is 4. The lowest BCUT2D eigenvalue weighted by molar-refractivity contribution is -0.204. The summed E-state index contributed by atoms with van der Waals surface area (Å²) in [6.45, 7) is 9.13. The molecule has 3 aliphatic carbocycles. The molecule has 6 heteroatoms. The lowest BCUT2D eigenvalue weighted by Gasteiger charge is -2.61. The first-order chi connectivity index (χ1) is 13.9. The van der Waals surface area contributed by atoms with Crippen molar-refractivity contribution in [3.63, 3.8) is 0 Å². The highest BCUT2D eigenvalue weighted by Crippen LogP contribution is 2.69. The minimum atomic E-state index is -1.19. The van der Waals surface area contributed by atoms with Crippen molar-refractivity contribution in [1.29, 1.82) is 0 Å². The Morgan fingerprint density at radius 3 is 2.33 bits per heavy atom. The number of carbonyl (C=O) groups is 4. The van der Waals surface area contributed by atoms with E-state index < -0.39 is 23.5 Å². The van der Waals surface area contributed by atoms with Gasteiger partial charge in [0.2, 0.25) is 0 Å². The number of carboxylic acids is 1. The molecule has 0 saturated heterocycles. The maximum absolute atomic E-state index is 13.1. The summed E-state index contributed by atoms with van der Waals surface area (Å²) in [4.78, 5) is 48.0. The number of fused-ring (bicyclic) bond motifs is 3. The summed E-state index contributed by atoms with van der Waals surface area (Å²) in [5.41, 5.74) is -0.309. The Hall–Kier alpha value is -2.24. The Labute approximate surface area is 177 Å². The van der Waals surface area contributed by atoms with Crippen LogP contribution in [0.25, 0.3) is 0 Å². The minimum absolute atomic E-state index is 0.0165. The van der Waals surface area contributed by atoms with Gasteiger partial charge in [0, 0.05) is 24.3 Å². The summed E-state index contributed by atoms with van der Waals surface area (Å²) in [5, 5.41) is 10.2. The molecule has 0 spiro atoms. The van der Waals surface area contributed by atoms with Crippen molar-refractivity contribution in [3.8, 4) is 0 Å². The van der Waals surface area contributed by atoms with E-state index in [-0.39, 0.29) is 28.4 Å². The largest absolute Gasteiger partial charge is 0.481 e. The van der Waals surface area contributed by atoms with Gasteiger partial charge >= 0.3 is 11.9 Å². The summed E-state index contributed by atoms with van der Waals surface area (Å²) in [5.74, 6) is -1.50. The molecule has 3 aliphatic rings. The van der Waals surface area contributed by atoms with Gasteiger partial charge in [-0.2, -0.15) is 0 Å². The molecular weight excluding hydrogens is 384 g/mol. The molecule has 1 N–H and O–H groups in total. The number of ether oxygens (including phenoxy) is 1. The maximum atomic E-state index is 13.1. The zero-order valence-electron chi connectivity index (χ0n) is 18.5. The minimum Gasteiger partial charge on any atom is -0.481 e. The molecule has 0 unspecified atom stereocenters. The van der Waals surface area contributed by atoms with Gasteiger partial charge in [-0.15, -0.1) is 0 Å². The molecule has 164 valence electrons. The monoisotopic (exact) mass is 416 g/mol. The molecule has 0 heterocycles. The van der Waals surface area contributed by atoms with Crippen LogP contribution in [0.2, 0.25) is 0 Å². The fourth-order valence-electron chi connectivity index (χ4n) is 7.19. The number of allylic oxidation sites excluding steroid dienone is 4. The Morgan fingerprint density at radius 2 is 1.77 bits per heavy atom. The third-order valence-corrected chi connectivity index (χ3v) is 8.48. The predicted octanol–water partition coefficient (Wildman–Crippen LogP) is 3.89. The van der Waals surface area contributed by atoms with Gasteiger partial charge in [-0.1, -0.05) is 19.9 Å². The van der Waals surface area contributed by atoms with E-state index in [9.17, 15) is 24.3 Å². The zero-order chi connectivity index (χ0) is 22.5. The van der Waals surface area contributed by atoms with Crippen LogP contribution in [0.3, 0.4) is 0 Å². The fourth-order valence-corrected chi connectivity index (χ4v) is 7.19. The van der Waals surface area contributed by atoms with Gasteiger partial charge in [-0.3, -0.25) is 19.2 Å². The quantitative estimate of drug-likeness (QED) is 0.424. The first-order valence-electron chi connectivity index (χ1n) is 10.7. The van der Waals surface area contributed by atoms with Gasteiger partial charge in [-0.25, -0.2) is 0 Å². The van der Waals surface area contributed by atoms with E-state index in [1.807, 2.05) is 6.92 Å². The molecule has 3 saturated carbocycles. The number of hydrogen-bond donors (Lipinski definition) is 1. The highest BCUT2D eigenvalue weighted by Gasteiger charge is 2.68. The second-order valence-corrected chi connectivity index (χ2v) is 9.97. The summed E-state index contributed by atoms with van der Waals surface area (Å²) in [6.07, 6.45) is 6.05. The van der Waals surface area contributed by atoms with Crippen molar-refractivity contribution in [3.05, 3.63) is 23.3 Å². The van der Waals surface area contributed by atoms with Crippen LogP contribution in [-0.2, 0) is 23.9 Å². The summed E-state index contributed by atoms with van der Waals surface area (Å²) < 4.78 is 5.49. The van der Waals surface area contributed by atoms with Crippen LogP contribution in [0.1, 0.15) is 66.7 Å². The lowest BCUT2D eigenvalue weighted by Crippen LogP contribution is -2.61. The van der Waals surface area contributed by atoms with E-state index in [1.165, 1.54) is 13.0 Å². The fraction of sp³-hybridized carbons (Fsp3) is 0.667. The molecule has 0 bridgehead atoms. The standard InChI is InChI=1S/C24H32O6/c1-14(7-6-12-25)20-16(27)13-18-22(3)11-9-19(30-15(2)26)24(5,21(28)29)17(22)8-10-23(18,20)4/h6-7,12,17-19H,8-11,13H2,1-5H3,(H,28,29)/b7-6+,20-14+/t17-,18+,19-,22+,23+,24-/m1/s1. The molecule has 0 aromatic carbocycles. The second-order valence-electron chi connectivity index (χ2n) is 9.97. The Morgan fingerprint density at radius 1 is 1.10 bits per heavy atom. The molecule has 0 aromatic rings. The first-order valence-corrected chi connectivity index (χ1v) is 10.7. The molecule has 0 radical (unpaired) electrons. The molecular formula is C24H32O6. The molecule has 0 aromatic heterocycles. The number of hydrogen-bond acceptors (Lipinski definition) is 5. The van der Waals surface area contributed by atoms with Crippen LogP contribution in [0.5, 0.6) is 0 Å². The van der Waals surface area contributed by atoms with Crippen LogP contribution in [0, 0.1) is 28.1 Å². The van der Waals surface area contributed by atoms with Crippen molar-refractivity contribution in [2.75, 3.05) is 0 Å². The Bertz CT molecular complexity index is 854. The number of carbonyl (C=O) groups excluding carboxylic acids is 3. The average Bonchev–Trinajstić information content (AvgIpc) is 2.93. The molecule has 30 heavy (non-hydrogen) atoms. The van der Waals surface area contributed by atoms with Crippen molar-refractivity contribution in [1.82, 2.24) is 0 Å². The molecule has 3 fully saturated rings. The van der Waals surface area contributed by atoms with Gasteiger partial charge in [0.15, 0.2) is 5.78 Å². The van der Waals surface area contributed by atoms with Crippen molar-refractivity contribution in [2.45, 2.75) is 72.8 Å². The van der Waals surface area contributed by atoms with Gasteiger partial charge in [-0.05, 0) is 68.4 Å². The predicted molar refractivity (Wildman–Crippen MR) is 110 cm³/mol. The van der Waals surface area contributed by atoms with Gasteiger partial charge in [0.25, 0.3) is 0 Å². The van der Waals surface area contributed by atoms with Gasteiger partial charge in [0.05, 0.1) is 0 Å². The third-order valence-electron chi connectivity index (χ3n) is 8.48. The van der Waals surface area contributed by atoms with E-state index >= 15 is 0 Å². The van der Waals surface area contributed by atoms with Crippen LogP contribution < -0.4 is 0 Å². The van der Waals surface area contributed by atoms with E-state index in [1.54, 1.807) is 13.0 Å². The maximum Gasteiger partial charge on any atom is 0.313 e. The summed E-state index contributed by atoms with van der Waals surface area (Å²) >= 11 is 0. The number of aldehydes is 1.